The van der Waals surface area contributed by atoms with Gasteiger partial charge in [0, 0.05) is 17.9 Å². The molecular formula is C13H16N2. The van der Waals surface area contributed by atoms with Crippen LogP contribution in [0.25, 0.3) is 11.3 Å². The number of aromatic amines is 1. The second-order valence-corrected chi connectivity index (χ2v) is 3.90. The van der Waals surface area contributed by atoms with E-state index in [2.05, 4.69) is 49.2 Å². The van der Waals surface area contributed by atoms with Crippen LogP contribution in [-0.2, 0) is 6.54 Å². The first-order valence-electron chi connectivity index (χ1n) is 5.16. The van der Waals surface area contributed by atoms with Crippen LogP contribution in [0.4, 0.5) is 0 Å². The summed E-state index contributed by atoms with van der Waals surface area (Å²) >= 11 is 0. The van der Waals surface area contributed by atoms with Gasteiger partial charge in [0.05, 0.1) is 0 Å². The van der Waals surface area contributed by atoms with E-state index >= 15 is 0 Å². The Labute approximate surface area is 90.1 Å². The van der Waals surface area contributed by atoms with Gasteiger partial charge in [-0.25, -0.2) is 0 Å². The molecule has 0 fully saturated rings. The lowest BCUT2D eigenvalue weighted by molar-refractivity contribution is 1.04. The highest BCUT2D eigenvalue weighted by Crippen LogP contribution is 2.21. The summed E-state index contributed by atoms with van der Waals surface area (Å²) in [6.45, 7) is 4.74. The largest absolute Gasteiger partial charge is 0.358 e. The predicted molar refractivity (Wildman–Crippen MR) is 63.6 cm³/mol. The number of benzene rings is 1. The van der Waals surface area contributed by atoms with Gasteiger partial charge in [-0.15, -0.1) is 0 Å². The minimum Gasteiger partial charge on any atom is -0.358 e. The summed E-state index contributed by atoms with van der Waals surface area (Å²) in [6, 6.07) is 10.6. The summed E-state index contributed by atoms with van der Waals surface area (Å²) in [7, 11) is 0. The Morgan fingerprint density at radius 1 is 1.13 bits per heavy atom. The lowest BCUT2D eigenvalue weighted by Gasteiger charge is -1.98. The average Bonchev–Trinajstić information content (AvgIpc) is 2.61. The Morgan fingerprint density at radius 3 is 2.33 bits per heavy atom. The van der Waals surface area contributed by atoms with Gasteiger partial charge in [0.25, 0.3) is 0 Å². The summed E-state index contributed by atoms with van der Waals surface area (Å²) in [5.41, 5.74) is 11.6. The molecule has 0 aliphatic heterocycles. The van der Waals surface area contributed by atoms with Crippen LogP contribution in [0.5, 0.6) is 0 Å². The molecule has 2 rings (SSSR count). The number of H-pyrrole nitrogens is 1. The highest BCUT2D eigenvalue weighted by molar-refractivity contribution is 5.61. The molecule has 0 radical (unpaired) electrons. The van der Waals surface area contributed by atoms with E-state index in [1.165, 1.54) is 16.7 Å². The Morgan fingerprint density at radius 2 is 1.80 bits per heavy atom. The van der Waals surface area contributed by atoms with E-state index in [1.807, 2.05) is 0 Å². The van der Waals surface area contributed by atoms with E-state index in [0.29, 0.717) is 6.54 Å². The third-order valence-corrected chi connectivity index (χ3v) is 2.70. The molecule has 15 heavy (non-hydrogen) atoms. The van der Waals surface area contributed by atoms with E-state index < -0.39 is 0 Å². The van der Waals surface area contributed by atoms with Gasteiger partial charge in [-0.3, -0.25) is 0 Å². The fourth-order valence-corrected chi connectivity index (χ4v) is 1.70. The number of hydrogen-bond acceptors (Lipinski definition) is 1. The number of nitrogens with one attached hydrogen (secondary N) is 1. The van der Waals surface area contributed by atoms with Crippen molar-refractivity contribution in [2.24, 2.45) is 5.73 Å². The van der Waals surface area contributed by atoms with Crippen molar-refractivity contribution in [1.29, 1.82) is 0 Å². The van der Waals surface area contributed by atoms with Gasteiger partial charge in [-0.2, -0.15) is 0 Å². The number of aromatic nitrogens is 1. The fraction of sp³-hybridized carbons (Fsp3) is 0.231. The molecule has 0 aliphatic rings. The predicted octanol–water partition coefficient (Wildman–Crippen LogP) is 2.76. The van der Waals surface area contributed by atoms with Crippen LogP contribution in [0.3, 0.4) is 0 Å². The van der Waals surface area contributed by atoms with Gasteiger partial charge in [-0.05, 0) is 31.0 Å². The molecule has 0 aliphatic carbocycles. The highest BCUT2D eigenvalue weighted by Gasteiger charge is 2.04. The van der Waals surface area contributed by atoms with Gasteiger partial charge >= 0.3 is 0 Å². The van der Waals surface area contributed by atoms with Crippen LogP contribution in [0.1, 0.15) is 16.8 Å². The zero-order valence-corrected chi connectivity index (χ0v) is 9.17. The van der Waals surface area contributed by atoms with Crippen molar-refractivity contribution in [1.82, 2.24) is 4.98 Å². The molecular weight excluding hydrogens is 184 g/mol. The third kappa shape index (κ3) is 1.95. The fourth-order valence-electron chi connectivity index (χ4n) is 1.70. The molecule has 1 aromatic carbocycles. The normalized spacial score (nSPS) is 10.6. The van der Waals surface area contributed by atoms with Crippen molar-refractivity contribution in [2.75, 3.05) is 0 Å². The molecule has 2 heteroatoms. The number of hydrogen-bond donors (Lipinski definition) is 2. The maximum atomic E-state index is 5.65. The van der Waals surface area contributed by atoms with E-state index in [1.54, 1.807) is 0 Å². The molecule has 1 aromatic heterocycles. The lowest BCUT2D eigenvalue weighted by atomic mass is 10.1. The topological polar surface area (TPSA) is 41.8 Å². The summed E-state index contributed by atoms with van der Waals surface area (Å²) < 4.78 is 0. The Kier molecular flexibility index (Phi) is 2.60. The first-order chi connectivity index (χ1) is 7.20. The van der Waals surface area contributed by atoms with E-state index in [4.69, 9.17) is 5.73 Å². The van der Waals surface area contributed by atoms with Crippen LogP contribution < -0.4 is 5.73 Å². The number of rotatable bonds is 2. The van der Waals surface area contributed by atoms with Crippen LogP contribution in [0.2, 0.25) is 0 Å². The maximum absolute atomic E-state index is 5.65. The standard InChI is InChI=1S/C13H16N2/c1-9-3-5-11(6-4-9)13-7-12(8-14)10(2)15-13/h3-7,15H,8,14H2,1-2H3. The van der Waals surface area contributed by atoms with Crippen molar-refractivity contribution in [3.63, 3.8) is 0 Å². The second kappa shape index (κ2) is 3.91. The van der Waals surface area contributed by atoms with E-state index in [9.17, 15) is 0 Å². The first kappa shape index (κ1) is 9.99. The molecule has 78 valence electrons. The summed E-state index contributed by atoms with van der Waals surface area (Å²) in [5.74, 6) is 0. The molecule has 0 unspecified atom stereocenters. The molecule has 0 saturated heterocycles. The Hall–Kier alpha value is -1.54. The van der Waals surface area contributed by atoms with Gasteiger partial charge in [-0.1, -0.05) is 29.8 Å². The smallest absolute Gasteiger partial charge is 0.0459 e. The van der Waals surface area contributed by atoms with E-state index in [0.717, 1.165) is 11.4 Å². The van der Waals surface area contributed by atoms with Crippen molar-refractivity contribution in [3.8, 4) is 11.3 Å². The first-order valence-corrected chi connectivity index (χ1v) is 5.16. The zero-order chi connectivity index (χ0) is 10.8. The third-order valence-electron chi connectivity index (χ3n) is 2.70. The van der Waals surface area contributed by atoms with Crippen molar-refractivity contribution < 1.29 is 0 Å². The molecule has 0 atom stereocenters. The minimum absolute atomic E-state index is 0.591. The lowest BCUT2D eigenvalue weighted by Crippen LogP contribution is -1.95. The minimum atomic E-state index is 0.591. The molecule has 0 spiro atoms. The van der Waals surface area contributed by atoms with Crippen LogP contribution in [0, 0.1) is 13.8 Å². The van der Waals surface area contributed by atoms with E-state index in [-0.39, 0.29) is 0 Å². The Balaban J connectivity index is 2.41. The van der Waals surface area contributed by atoms with Crippen molar-refractivity contribution >= 4 is 0 Å². The van der Waals surface area contributed by atoms with Gasteiger partial charge in [0.2, 0.25) is 0 Å². The van der Waals surface area contributed by atoms with Crippen LogP contribution in [0.15, 0.2) is 30.3 Å². The van der Waals surface area contributed by atoms with Crippen LogP contribution >= 0.6 is 0 Å². The molecule has 3 N–H and O–H groups in total. The van der Waals surface area contributed by atoms with Gasteiger partial charge in [0.15, 0.2) is 0 Å². The summed E-state index contributed by atoms with van der Waals surface area (Å²) in [4.78, 5) is 3.35. The number of aryl methyl sites for hydroxylation is 2. The zero-order valence-electron chi connectivity index (χ0n) is 9.17. The average molecular weight is 200 g/mol. The second-order valence-electron chi connectivity index (χ2n) is 3.90. The molecule has 0 amide bonds. The summed E-state index contributed by atoms with van der Waals surface area (Å²) in [5, 5.41) is 0. The quantitative estimate of drug-likeness (QED) is 0.769. The van der Waals surface area contributed by atoms with Crippen molar-refractivity contribution in [3.05, 3.63) is 47.2 Å². The SMILES string of the molecule is Cc1ccc(-c2cc(CN)c(C)[nH]2)cc1. The number of nitrogens with two attached hydrogens (primary N) is 1. The van der Waals surface area contributed by atoms with Gasteiger partial charge in [0.1, 0.15) is 0 Å². The van der Waals surface area contributed by atoms with Crippen molar-refractivity contribution in [2.45, 2.75) is 20.4 Å². The molecule has 0 saturated carbocycles. The molecule has 2 aromatic rings. The Bertz CT molecular complexity index is 452. The summed E-state index contributed by atoms with van der Waals surface area (Å²) in [6.07, 6.45) is 0. The monoisotopic (exact) mass is 200 g/mol. The highest BCUT2D eigenvalue weighted by atomic mass is 14.7. The van der Waals surface area contributed by atoms with Gasteiger partial charge < -0.3 is 10.7 Å². The molecule has 1 heterocycles. The maximum Gasteiger partial charge on any atom is 0.0459 e. The molecule has 2 nitrogen and oxygen atoms in total. The molecule has 0 bridgehead atoms. The van der Waals surface area contributed by atoms with Crippen LogP contribution in [-0.4, -0.2) is 4.98 Å².